The molecular formula is C18H32N2O4. The zero-order valence-corrected chi connectivity index (χ0v) is 15.5. The first-order valence-corrected chi connectivity index (χ1v) is 8.07. The summed E-state index contributed by atoms with van der Waals surface area (Å²) in [7, 11) is 0. The van der Waals surface area contributed by atoms with Crippen LogP contribution in [-0.2, 0) is 9.59 Å². The van der Waals surface area contributed by atoms with Crippen LogP contribution in [0.15, 0.2) is 24.6 Å². The average molecular weight is 340 g/mol. The molecule has 0 aliphatic heterocycles. The highest BCUT2D eigenvalue weighted by Gasteiger charge is 2.47. The normalized spacial score (nSPS) is 16.6. The first kappa shape index (κ1) is 22.2. The van der Waals surface area contributed by atoms with Gasteiger partial charge in [-0.2, -0.15) is 0 Å². The highest BCUT2D eigenvalue weighted by molar-refractivity contribution is 5.83. The van der Waals surface area contributed by atoms with Gasteiger partial charge >= 0.3 is 5.97 Å². The van der Waals surface area contributed by atoms with Gasteiger partial charge in [-0.15, -0.1) is 0 Å². The number of ketones is 1. The van der Waals surface area contributed by atoms with Crippen LogP contribution in [-0.4, -0.2) is 34.6 Å². The molecule has 5 N–H and O–H groups in total. The van der Waals surface area contributed by atoms with Crippen molar-refractivity contribution in [2.75, 3.05) is 6.54 Å². The molecule has 0 saturated heterocycles. The van der Waals surface area contributed by atoms with Crippen molar-refractivity contribution in [3.63, 3.8) is 0 Å². The number of rotatable bonds is 10. The van der Waals surface area contributed by atoms with Crippen molar-refractivity contribution in [3.05, 3.63) is 24.6 Å². The molecule has 138 valence electrons. The van der Waals surface area contributed by atoms with E-state index in [9.17, 15) is 19.8 Å². The Kier molecular flexibility index (Phi) is 7.70. The van der Waals surface area contributed by atoms with Crippen LogP contribution in [0.25, 0.3) is 0 Å². The molecule has 3 atom stereocenters. The second kappa shape index (κ2) is 8.33. The maximum Gasteiger partial charge on any atom is 0.326 e. The molecule has 3 unspecified atom stereocenters. The van der Waals surface area contributed by atoms with Crippen LogP contribution >= 0.6 is 0 Å². The van der Waals surface area contributed by atoms with Gasteiger partial charge in [0.2, 0.25) is 0 Å². The summed E-state index contributed by atoms with van der Waals surface area (Å²) in [4.78, 5) is 23.7. The minimum absolute atomic E-state index is 0.0704. The van der Waals surface area contributed by atoms with E-state index in [1.165, 1.54) is 0 Å². The van der Waals surface area contributed by atoms with Gasteiger partial charge in [0.25, 0.3) is 0 Å². The fraction of sp³-hybridized carbons (Fsp3) is 0.667. The number of carboxylic acids is 1. The molecule has 6 heteroatoms. The monoisotopic (exact) mass is 340 g/mol. The second-order valence-electron chi connectivity index (χ2n) is 7.46. The summed E-state index contributed by atoms with van der Waals surface area (Å²) < 4.78 is 0. The van der Waals surface area contributed by atoms with Crippen molar-refractivity contribution in [1.82, 2.24) is 5.32 Å². The number of Topliss-reactive ketones (excluding diaryl/α,β-unsaturated/α-hetero) is 1. The summed E-state index contributed by atoms with van der Waals surface area (Å²) in [5, 5.41) is 21.5. The fourth-order valence-corrected chi connectivity index (χ4v) is 2.79. The van der Waals surface area contributed by atoms with Crippen molar-refractivity contribution in [2.24, 2.45) is 22.5 Å². The summed E-state index contributed by atoms with van der Waals surface area (Å²) in [5.74, 6) is -1.65. The molecule has 24 heavy (non-hydrogen) atoms. The predicted octanol–water partition coefficient (Wildman–Crippen LogP) is 2.61. The molecule has 0 fully saturated rings. The lowest BCUT2D eigenvalue weighted by Gasteiger charge is -2.48. The van der Waals surface area contributed by atoms with Gasteiger partial charge < -0.3 is 21.3 Å². The number of allylic oxidation sites excluding steroid dienone is 2. The van der Waals surface area contributed by atoms with Gasteiger partial charge in [-0.05, 0) is 11.8 Å². The van der Waals surface area contributed by atoms with E-state index in [2.05, 4.69) is 18.5 Å². The number of aliphatic hydroxyl groups excluding tert-OH is 1. The highest BCUT2D eigenvalue weighted by atomic mass is 16.4. The number of carbonyl (C=O) groups excluding carboxylic acids is 1. The molecule has 0 bridgehead atoms. The zero-order valence-electron chi connectivity index (χ0n) is 15.5. The van der Waals surface area contributed by atoms with Crippen LogP contribution in [0, 0.1) is 16.7 Å². The van der Waals surface area contributed by atoms with E-state index in [1.54, 1.807) is 6.92 Å². The second-order valence-corrected chi connectivity index (χ2v) is 7.46. The fourth-order valence-electron chi connectivity index (χ4n) is 2.79. The van der Waals surface area contributed by atoms with Gasteiger partial charge in [0.15, 0.2) is 0 Å². The van der Waals surface area contributed by atoms with Crippen molar-refractivity contribution < 1.29 is 19.8 Å². The standard InChI is InChI=1S/C18H32N2O4/c1-11(21)8-9-14(16(23)24)20-13(3)18(7,17(4,5)6)12(2)15(22)10-19/h12,14,20-21H,1,3,8-10,19H2,2,4-7H3,(H,23,24). The van der Waals surface area contributed by atoms with Crippen LogP contribution in [0.3, 0.4) is 0 Å². The van der Waals surface area contributed by atoms with Crippen molar-refractivity contribution >= 4 is 11.8 Å². The van der Waals surface area contributed by atoms with Crippen LogP contribution in [0.4, 0.5) is 0 Å². The summed E-state index contributed by atoms with van der Waals surface area (Å²) in [6, 6.07) is -0.928. The first-order valence-electron chi connectivity index (χ1n) is 8.07. The third-order valence-electron chi connectivity index (χ3n) is 5.10. The molecule has 0 saturated carbocycles. The average Bonchev–Trinajstić information content (AvgIpc) is 2.46. The van der Waals surface area contributed by atoms with E-state index >= 15 is 0 Å². The smallest absolute Gasteiger partial charge is 0.326 e. The van der Waals surface area contributed by atoms with Gasteiger partial charge in [-0.3, -0.25) is 4.79 Å². The molecule has 0 rings (SSSR count). The number of aliphatic carboxylic acids is 1. The Morgan fingerprint density at radius 3 is 2.00 bits per heavy atom. The lowest BCUT2D eigenvalue weighted by molar-refractivity contribution is -0.139. The van der Waals surface area contributed by atoms with Gasteiger partial charge in [-0.1, -0.05) is 47.8 Å². The zero-order chi connectivity index (χ0) is 19.3. The number of nitrogens with two attached hydrogens (primary N) is 1. The lowest BCUT2D eigenvalue weighted by Crippen LogP contribution is -2.50. The quantitative estimate of drug-likeness (QED) is 0.455. The van der Waals surface area contributed by atoms with E-state index in [1.807, 2.05) is 27.7 Å². The van der Waals surface area contributed by atoms with E-state index in [0.717, 1.165) is 0 Å². The van der Waals surface area contributed by atoms with Crippen LogP contribution in [0.5, 0.6) is 0 Å². The molecule has 0 heterocycles. The van der Waals surface area contributed by atoms with Gasteiger partial charge in [0.05, 0.1) is 12.3 Å². The summed E-state index contributed by atoms with van der Waals surface area (Å²) >= 11 is 0. The largest absolute Gasteiger partial charge is 0.513 e. The Balaban J connectivity index is 5.57. The number of hydrogen-bond acceptors (Lipinski definition) is 5. The molecule has 6 nitrogen and oxygen atoms in total. The van der Waals surface area contributed by atoms with E-state index in [-0.39, 0.29) is 36.3 Å². The molecular weight excluding hydrogens is 308 g/mol. The Bertz CT molecular complexity index is 508. The molecule has 0 radical (unpaired) electrons. The summed E-state index contributed by atoms with van der Waals surface area (Å²) in [6.07, 6.45) is 0.337. The Morgan fingerprint density at radius 2 is 1.67 bits per heavy atom. The highest BCUT2D eigenvalue weighted by Crippen LogP contribution is 2.49. The Morgan fingerprint density at radius 1 is 1.17 bits per heavy atom. The number of hydrogen-bond donors (Lipinski definition) is 4. The molecule has 0 aromatic carbocycles. The number of carboxylic acid groups (broad SMARTS) is 1. The maximum atomic E-state index is 12.2. The van der Waals surface area contributed by atoms with E-state index in [4.69, 9.17) is 5.73 Å². The molecule has 0 spiro atoms. The summed E-state index contributed by atoms with van der Waals surface area (Å²) in [5.41, 5.74) is 4.93. The van der Waals surface area contributed by atoms with Gasteiger partial charge in [0, 0.05) is 23.5 Å². The topological polar surface area (TPSA) is 113 Å². The Labute approximate surface area is 144 Å². The van der Waals surface area contributed by atoms with Crippen molar-refractivity contribution in [1.29, 1.82) is 0 Å². The predicted molar refractivity (Wildman–Crippen MR) is 95.5 cm³/mol. The van der Waals surface area contributed by atoms with E-state index in [0.29, 0.717) is 5.70 Å². The molecule has 0 aliphatic carbocycles. The van der Waals surface area contributed by atoms with Crippen molar-refractivity contribution in [3.8, 4) is 0 Å². The molecule has 0 aromatic heterocycles. The van der Waals surface area contributed by atoms with Gasteiger partial charge in [-0.25, -0.2) is 4.79 Å². The van der Waals surface area contributed by atoms with Crippen LogP contribution in [0.2, 0.25) is 0 Å². The third-order valence-corrected chi connectivity index (χ3v) is 5.10. The minimum Gasteiger partial charge on any atom is -0.513 e. The van der Waals surface area contributed by atoms with Crippen LogP contribution in [0.1, 0.15) is 47.5 Å². The van der Waals surface area contributed by atoms with E-state index < -0.39 is 23.3 Å². The third kappa shape index (κ3) is 5.09. The molecule has 0 amide bonds. The number of carbonyl (C=O) groups is 2. The maximum absolute atomic E-state index is 12.2. The SMILES string of the molecule is C=C(O)CCC(NC(=C)C(C)(C(C)C(=O)CN)C(C)(C)C)C(=O)O. The first-order chi connectivity index (χ1) is 10.8. The van der Waals surface area contributed by atoms with Crippen molar-refractivity contribution in [2.45, 2.75) is 53.5 Å². The number of nitrogens with one attached hydrogen (secondary N) is 1. The lowest BCUT2D eigenvalue weighted by atomic mass is 9.58. The van der Waals surface area contributed by atoms with Gasteiger partial charge in [0.1, 0.15) is 11.8 Å². The molecule has 0 aliphatic rings. The minimum atomic E-state index is -1.05. The molecule has 0 aromatic rings. The Hall–Kier alpha value is -1.82. The van der Waals surface area contributed by atoms with Crippen LogP contribution < -0.4 is 11.1 Å². The summed E-state index contributed by atoms with van der Waals surface area (Å²) in [6.45, 7) is 16.9. The number of aliphatic hydroxyl groups is 1.